The van der Waals surface area contributed by atoms with Crippen molar-refractivity contribution in [3.63, 3.8) is 0 Å². The van der Waals surface area contributed by atoms with E-state index in [9.17, 15) is 8.78 Å². The molecular weight excluding hydrogens is 246 g/mol. The first kappa shape index (κ1) is 16.6. The number of rotatable bonds is 7. The van der Waals surface area contributed by atoms with Crippen LogP contribution in [0.2, 0.25) is 0 Å². The molecule has 0 bridgehead atoms. The predicted molar refractivity (Wildman–Crippen MR) is 75.5 cm³/mol. The van der Waals surface area contributed by atoms with Crippen LogP contribution in [0.5, 0.6) is 0 Å². The molecule has 0 aromatic rings. The Morgan fingerprint density at radius 1 is 1.21 bits per heavy atom. The summed E-state index contributed by atoms with van der Waals surface area (Å²) in [6.07, 6.45) is 6.97. The molecule has 0 N–H and O–H groups in total. The lowest BCUT2D eigenvalue weighted by Gasteiger charge is -2.27. The van der Waals surface area contributed by atoms with E-state index in [0.29, 0.717) is 6.42 Å². The smallest absolute Gasteiger partial charge is 0.271 e. The van der Waals surface area contributed by atoms with E-state index in [1.54, 1.807) is 26.8 Å². The second kappa shape index (κ2) is 5.90. The van der Waals surface area contributed by atoms with E-state index in [4.69, 9.17) is 4.74 Å². The number of ether oxygens (including phenoxy) is 1. The zero-order valence-electron chi connectivity index (χ0n) is 12.9. The van der Waals surface area contributed by atoms with E-state index in [1.807, 2.05) is 13.8 Å². The summed E-state index contributed by atoms with van der Waals surface area (Å²) in [6, 6.07) is 0. The van der Waals surface area contributed by atoms with Gasteiger partial charge in [0.25, 0.3) is 5.92 Å². The van der Waals surface area contributed by atoms with Gasteiger partial charge >= 0.3 is 0 Å². The van der Waals surface area contributed by atoms with Crippen molar-refractivity contribution in [2.24, 2.45) is 10.8 Å². The number of alkyl halides is 2. The molecule has 0 radical (unpaired) electrons. The first-order valence-electron chi connectivity index (χ1n) is 7.25. The second-order valence-electron chi connectivity index (χ2n) is 7.17. The van der Waals surface area contributed by atoms with Gasteiger partial charge in [0.05, 0.1) is 12.7 Å². The van der Waals surface area contributed by atoms with Gasteiger partial charge in [0.2, 0.25) is 0 Å². The summed E-state index contributed by atoms with van der Waals surface area (Å²) in [7, 11) is 0. The Hall–Kier alpha value is -0.440. The molecule has 19 heavy (non-hydrogen) atoms. The molecule has 0 atom stereocenters. The third kappa shape index (κ3) is 5.21. The Balaban J connectivity index is 2.34. The van der Waals surface area contributed by atoms with Crippen molar-refractivity contribution in [3.8, 4) is 0 Å². The SMILES string of the molecule is CC(C)OCC1(CC/C=C/C(F)(F)C(C)(C)C)CC1. The first-order valence-corrected chi connectivity index (χ1v) is 7.25. The molecule has 1 saturated carbocycles. The first-order chi connectivity index (χ1) is 8.58. The van der Waals surface area contributed by atoms with Crippen LogP contribution >= 0.6 is 0 Å². The van der Waals surface area contributed by atoms with Crippen molar-refractivity contribution in [3.05, 3.63) is 12.2 Å². The Bertz CT molecular complexity index is 309. The molecule has 1 aliphatic carbocycles. The predicted octanol–water partition coefficient (Wildman–Crippen LogP) is 5.21. The monoisotopic (exact) mass is 274 g/mol. The van der Waals surface area contributed by atoms with Gasteiger partial charge < -0.3 is 4.74 Å². The van der Waals surface area contributed by atoms with Gasteiger partial charge in [-0.2, -0.15) is 0 Å². The fourth-order valence-corrected chi connectivity index (χ4v) is 1.86. The molecule has 0 spiro atoms. The minimum absolute atomic E-state index is 0.248. The van der Waals surface area contributed by atoms with Crippen molar-refractivity contribution < 1.29 is 13.5 Å². The highest BCUT2D eigenvalue weighted by Gasteiger charge is 2.43. The third-order valence-corrected chi connectivity index (χ3v) is 3.85. The highest BCUT2D eigenvalue weighted by molar-refractivity contribution is 5.03. The molecule has 1 fully saturated rings. The molecule has 0 heterocycles. The summed E-state index contributed by atoms with van der Waals surface area (Å²) < 4.78 is 33.1. The lowest BCUT2D eigenvalue weighted by molar-refractivity contribution is -0.0502. The molecular formula is C16H28F2O. The average molecular weight is 274 g/mol. The van der Waals surface area contributed by atoms with E-state index in [1.165, 1.54) is 12.8 Å². The third-order valence-electron chi connectivity index (χ3n) is 3.85. The van der Waals surface area contributed by atoms with Gasteiger partial charge in [0.1, 0.15) is 0 Å². The number of hydrogen-bond donors (Lipinski definition) is 0. The van der Waals surface area contributed by atoms with E-state index in [0.717, 1.165) is 19.1 Å². The topological polar surface area (TPSA) is 9.23 Å². The summed E-state index contributed by atoms with van der Waals surface area (Å²) in [4.78, 5) is 0. The Morgan fingerprint density at radius 3 is 2.21 bits per heavy atom. The zero-order valence-corrected chi connectivity index (χ0v) is 12.9. The lowest BCUT2D eigenvalue weighted by atomic mass is 9.87. The minimum Gasteiger partial charge on any atom is -0.378 e. The van der Waals surface area contributed by atoms with Crippen molar-refractivity contribution in [2.45, 2.75) is 72.3 Å². The Morgan fingerprint density at radius 2 is 1.79 bits per heavy atom. The van der Waals surface area contributed by atoms with Crippen LogP contribution in [-0.2, 0) is 4.74 Å². The largest absolute Gasteiger partial charge is 0.378 e. The van der Waals surface area contributed by atoms with Crippen molar-refractivity contribution >= 4 is 0 Å². The molecule has 1 nitrogen and oxygen atoms in total. The normalized spacial score (nSPS) is 19.4. The maximum absolute atomic E-state index is 13.7. The molecule has 0 aliphatic heterocycles. The number of allylic oxidation sites excluding steroid dienone is 2. The highest BCUT2D eigenvalue weighted by atomic mass is 19.3. The molecule has 0 aromatic heterocycles. The molecule has 0 saturated heterocycles. The van der Waals surface area contributed by atoms with Crippen LogP contribution < -0.4 is 0 Å². The van der Waals surface area contributed by atoms with Crippen LogP contribution in [0.25, 0.3) is 0 Å². The fourth-order valence-electron chi connectivity index (χ4n) is 1.86. The summed E-state index contributed by atoms with van der Waals surface area (Å²) in [5, 5.41) is 0. The maximum atomic E-state index is 13.7. The van der Waals surface area contributed by atoms with Crippen LogP contribution in [0.4, 0.5) is 8.78 Å². The summed E-state index contributed by atoms with van der Waals surface area (Å²) in [5.74, 6) is -2.74. The van der Waals surface area contributed by atoms with Crippen molar-refractivity contribution in [1.29, 1.82) is 0 Å². The van der Waals surface area contributed by atoms with Gasteiger partial charge in [-0.15, -0.1) is 0 Å². The van der Waals surface area contributed by atoms with Crippen LogP contribution in [0.15, 0.2) is 12.2 Å². The Labute approximate surface area is 116 Å². The lowest BCUT2D eigenvalue weighted by Crippen LogP contribution is -2.31. The van der Waals surface area contributed by atoms with Gasteiger partial charge in [-0.1, -0.05) is 26.8 Å². The van der Waals surface area contributed by atoms with Crippen molar-refractivity contribution in [2.75, 3.05) is 6.61 Å². The standard InChI is InChI=1S/C16H28F2O/c1-13(2)19-12-15(10-11-15)8-6-7-9-16(17,18)14(3,4)5/h7,9,13H,6,8,10-12H2,1-5H3/b9-7+. The summed E-state index contributed by atoms with van der Waals surface area (Å²) in [6.45, 7) is 9.52. The molecule has 0 aromatic carbocycles. The zero-order chi connectivity index (χ0) is 14.7. The van der Waals surface area contributed by atoms with E-state index in [2.05, 4.69) is 0 Å². The summed E-state index contributed by atoms with van der Waals surface area (Å²) >= 11 is 0. The van der Waals surface area contributed by atoms with Gasteiger partial charge in [-0.05, 0) is 51.0 Å². The van der Waals surface area contributed by atoms with E-state index < -0.39 is 11.3 Å². The van der Waals surface area contributed by atoms with Crippen molar-refractivity contribution in [1.82, 2.24) is 0 Å². The van der Waals surface area contributed by atoms with Gasteiger partial charge in [0.15, 0.2) is 0 Å². The Kier molecular flexibility index (Phi) is 5.16. The van der Waals surface area contributed by atoms with Gasteiger partial charge in [0, 0.05) is 5.41 Å². The quantitative estimate of drug-likeness (QED) is 0.579. The molecule has 0 unspecified atom stereocenters. The molecule has 112 valence electrons. The summed E-state index contributed by atoms with van der Waals surface area (Å²) in [5.41, 5.74) is -0.743. The molecule has 3 heteroatoms. The van der Waals surface area contributed by atoms with Crippen LogP contribution in [-0.4, -0.2) is 18.6 Å². The average Bonchev–Trinajstić information content (AvgIpc) is 3.01. The van der Waals surface area contributed by atoms with E-state index in [-0.39, 0.29) is 11.5 Å². The van der Waals surface area contributed by atoms with Crippen LogP contribution in [0.1, 0.15) is 60.3 Å². The maximum Gasteiger partial charge on any atom is 0.271 e. The minimum atomic E-state index is -2.74. The number of hydrogen-bond acceptors (Lipinski definition) is 1. The molecule has 1 aliphatic rings. The van der Waals surface area contributed by atoms with Gasteiger partial charge in [-0.3, -0.25) is 0 Å². The van der Waals surface area contributed by atoms with Crippen LogP contribution in [0.3, 0.4) is 0 Å². The fraction of sp³-hybridized carbons (Fsp3) is 0.875. The molecule has 1 rings (SSSR count). The van der Waals surface area contributed by atoms with Crippen LogP contribution in [0, 0.1) is 10.8 Å². The molecule has 0 amide bonds. The van der Waals surface area contributed by atoms with Gasteiger partial charge in [-0.25, -0.2) is 8.78 Å². The van der Waals surface area contributed by atoms with E-state index >= 15 is 0 Å². The highest BCUT2D eigenvalue weighted by Crippen LogP contribution is 2.50. The second-order valence-corrected chi connectivity index (χ2v) is 7.17. The number of halogens is 2.